The number of aromatic carboxylic acids is 1. The molecule has 2 N–H and O–H groups in total. The Morgan fingerprint density at radius 2 is 2.04 bits per heavy atom. The Hall–Kier alpha value is -2.44. The number of nitrogens with zero attached hydrogens (tertiary/aromatic N) is 1. The Labute approximate surface area is 140 Å². The number of carbonyl (C=O) groups is 2. The lowest BCUT2D eigenvalue weighted by molar-refractivity contribution is 0.0187. The molecule has 132 valence electrons. The summed E-state index contributed by atoms with van der Waals surface area (Å²) in [4.78, 5) is 24.9. The molecule has 0 bridgehead atoms. The molecule has 1 aromatic rings. The molecule has 1 unspecified atom stereocenters. The largest absolute Gasteiger partial charge is 0.504 e. The maximum atomic E-state index is 12.2. The third-order valence-electron chi connectivity index (χ3n) is 3.67. The van der Waals surface area contributed by atoms with E-state index in [0.717, 1.165) is 12.8 Å². The number of hydrogen-bond acceptors (Lipinski definition) is 5. The highest BCUT2D eigenvalue weighted by Gasteiger charge is 2.32. The van der Waals surface area contributed by atoms with Gasteiger partial charge in [0.2, 0.25) is 0 Å². The first kappa shape index (κ1) is 17.9. The van der Waals surface area contributed by atoms with Crippen molar-refractivity contribution in [1.82, 2.24) is 4.90 Å². The zero-order valence-electron chi connectivity index (χ0n) is 14.1. The molecule has 1 fully saturated rings. The SMILES string of the molecule is CC(C)(C)OC(=O)N1CCCC1COc1cccc(C(=O)O)c1O. The Bertz CT molecular complexity index is 622. The van der Waals surface area contributed by atoms with Crippen molar-refractivity contribution in [3.8, 4) is 11.5 Å². The molecular weight excluding hydrogens is 314 g/mol. The molecule has 0 spiro atoms. The van der Waals surface area contributed by atoms with Crippen LogP contribution in [0.5, 0.6) is 11.5 Å². The Kier molecular flexibility index (Phi) is 5.21. The van der Waals surface area contributed by atoms with Crippen LogP contribution in [-0.2, 0) is 4.74 Å². The fourth-order valence-electron chi connectivity index (χ4n) is 2.57. The van der Waals surface area contributed by atoms with Crippen molar-refractivity contribution in [1.29, 1.82) is 0 Å². The first-order valence-corrected chi connectivity index (χ1v) is 7.87. The van der Waals surface area contributed by atoms with E-state index in [0.29, 0.717) is 6.54 Å². The molecule has 1 saturated heterocycles. The normalized spacial score (nSPS) is 17.6. The Balaban J connectivity index is 2.02. The van der Waals surface area contributed by atoms with Gasteiger partial charge < -0.3 is 24.6 Å². The fourth-order valence-corrected chi connectivity index (χ4v) is 2.57. The summed E-state index contributed by atoms with van der Waals surface area (Å²) in [5.74, 6) is -1.55. The van der Waals surface area contributed by atoms with E-state index < -0.39 is 23.4 Å². The van der Waals surface area contributed by atoms with Gasteiger partial charge in [-0.25, -0.2) is 9.59 Å². The third kappa shape index (κ3) is 4.31. The number of ether oxygens (including phenoxy) is 2. The van der Waals surface area contributed by atoms with Crippen LogP contribution in [-0.4, -0.2) is 52.0 Å². The van der Waals surface area contributed by atoms with Gasteiger partial charge in [0, 0.05) is 6.54 Å². The van der Waals surface area contributed by atoms with Crippen molar-refractivity contribution in [3.63, 3.8) is 0 Å². The highest BCUT2D eigenvalue weighted by Crippen LogP contribution is 2.31. The van der Waals surface area contributed by atoms with Gasteiger partial charge in [-0.15, -0.1) is 0 Å². The first-order chi connectivity index (χ1) is 11.2. The van der Waals surface area contributed by atoms with E-state index in [-0.39, 0.29) is 24.0 Å². The number of carbonyl (C=O) groups excluding carboxylic acids is 1. The van der Waals surface area contributed by atoms with Gasteiger partial charge in [0.25, 0.3) is 0 Å². The van der Waals surface area contributed by atoms with Gasteiger partial charge in [-0.3, -0.25) is 0 Å². The lowest BCUT2D eigenvalue weighted by atomic mass is 10.2. The lowest BCUT2D eigenvalue weighted by Crippen LogP contribution is -2.42. The number of para-hydroxylation sites is 1. The Morgan fingerprint density at radius 1 is 1.33 bits per heavy atom. The predicted octanol–water partition coefficient (Wildman–Crippen LogP) is 2.87. The molecule has 2 rings (SSSR count). The van der Waals surface area contributed by atoms with Crippen LogP contribution in [0.25, 0.3) is 0 Å². The van der Waals surface area contributed by atoms with Crippen LogP contribution in [0.1, 0.15) is 44.0 Å². The van der Waals surface area contributed by atoms with Gasteiger partial charge in [-0.1, -0.05) is 6.07 Å². The van der Waals surface area contributed by atoms with Crippen molar-refractivity contribution in [2.75, 3.05) is 13.2 Å². The molecule has 7 nitrogen and oxygen atoms in total. The molecule has 0 radical (unpaired) electrons. The number of benzene rings is 1. The summed E-state index contributed by atoms with van der Waals surface area (Å²) in [7, 11) is 0. The Morgan fingerprint density at radius 3 is 2.67 bits per heavy atom. The minimum Gasteiger partial charge on any atom is -0.504 e. The molecule has 24 heavy (non-hydrogen) atoms. The summed E-state index contributed by atoms with van der Waals surface area (Å²) in [6, 6.07) is 4.12. The van der Waals surface area contributed by atoms with E-state index in [4.69, 9.17) is 14.6 Å². The highest BCUT2D eigenvalue weighted by molar-refractivity contribution is 5.91. The van der Waals surface area contributed by atoms with Gasteiger partial charge in [-0.05, 0) is 45.7 Å². The molecule has 1 aliphatic heterocycles. The number of likely N-dealkylation sites (tertiary alicyclic amines) is 1. The summed E-state index contributed by atoms with van der Waals surface area (Å²) in [6.07, 6.45) is 1.21. The molecule has 1 heterocycles. The summed E-state index contributed by atoms with van der Waals surface area (Å²) in [5.41, 5.74) is -0.790. The number of amides is 1. The zero-order chi connectivity index (χ0) is 17.9. The number of aromatic hydroxyl groups is 1. The standard InChI is InChI=1S/C17H23NO6/c1-17(2,3)24-16(22)18-9-5-6-11(18)10-23-13-8-4-7-12(14(13)19)15(20)21/h4,7-8,11,19H,5-6,9-10H2,1-3H3,(H,20,21). The molecule has 1 atom stereocenters. The molecule has 7 heteroatoms. The molecule has 1 aromatic carbocycles. The topological polar surface area (TPSA) is 96.3 Å². The smallest absolute Gasteiger partial charge is 0.410 e. The summed E-state index contributed by atoms with van der Waals surface area (Å²) in [5, 5.41) is 19.0. The van der Waals surface area contributed by atoms with E-state index in [1.54, 1.807) is 4.90 Å². The van der Waals surface area contributed by atoms with E-state index in [1.807, 2.05) is 20.8 Å². The number of rotatable bonds is 4. The van der Waals surface area contributed by atoms with Gasteiger partial charge in [0.05, 0.1) is 6.04 Å². The van der Waals surface area contributed by atoms with Crippen LogP contribution in [0.3, 0.4) is 0 Å². The van der Waals surface area contributed by atoms with Crippen molar-refractivity contribution < 1.29 is 29.3 Å². The average molecular weight is 337 g/mol. The molecule has 0 aliphatic carbocycles. The van der Waals surface area contributed by atoms with E-state index in [2.05, 4.69) is 0 Å². The fraction of sp³-hybridized carbons (Fsp3) is 0.529. The van der Waals surface area contributed by atoms with E-state index >= 15 is 0 Å². The minimum atomic E-state index is -1.23. The second-order valence-corrected chi connectivity index (χ2v) is 6.74. The van der Waals surface area contributed by atoms with Gasteiger partial charge in [-0.2, -0.15) is 0 Å². The molecule has 0 aromatic heterocycles. The highest BCUT2D eigenvalue weighted by atomic mass is 16.6. The lowest BCUT2D eigenvalue weighted by Gasteiger charge is -2.28. The van der Waals surface area contributed by atoms with Gasteiger partial charge >= 0.3 is 12.1 Å². The van der Waals surface area contributed by atoms with Crippen LogP contribution in [0.2, 0.25) is 0 Å². The molecule has 1 aliphatic rings. The van der Waals surface area contributed by atoms with E-state index in [9.17, 15) is 14.7 Å². The monoisotopic (exact) mass is 337 g/mol. The number of phenols is 1. The van der Waals surface area contributed by atoms with Crippen molar-refractivity contribution in [2.24, 2.45) is 0 Å². The summed E-state index contributed by atoms with van der Waals surface area (Å²) >= 11 is 0. The maximum absolute atomic E-state index is 12.2. The van der Waals surface area contributed by atoms with Crippen molar-refractivity contribution in [2.45, 2.75) is 45.3 Å². The van der Waals surface area contributed by atoms with Gasteiger partial charge in [0.15, 0.2) is 11.5 Å². The van der Waals surface area contributed by atoms with Crippen molar-refractivity contribution >= 4 is 12.1 Å². The molecular formula is C17H23NO6. The van der Waals surface area contributed by atoms with E-state index in [1.165, 1.54) is 18.2 Å². The minimum absolute atomic E-state index is 0.0888. The quantitative estimate of drug-likeness (QED) is 0.877. The second-order valence-electron chi connectivity index (χ2n) is 6.74. The number of hydrogen-bond donors (Lipinski definition) is 2. The van der Waals surface area contributed by atoms with Crippen LogP contribution in [0.15, 0.2) is 18.2 Å². The predicted molar refractivity (Wildman–Crippen MR) is 86.5 cm³/mol. The summed E-state index contributed by atoms with van der Waals surface area (Å²) < 4.78 is 10.9. The zero-order valence-corrected chi connectivity index (χ0v) is 14.1. The number of carboxylic acid groups (broad SMARTS) is 1. The van der Waals surface area contributed by atoms with Crippen LogP contribution >= 0.6 is 0 Å². The molecule has 0 saturated carbocycles. The molecule has 1 amide bonds. The van der Waals surface area contributed by atoms with Crippen LogP contribution in [0.4, 0.5) is 4.79 Å². The summed E-state index contributed by atoms with van der Waals surface area (Å²) in [6.45, 7) is 6.17. The first-order valence-electron chi connectivity index (χ1n) is 7.87. The van der Waals surface area contributed by atoms with Crippen LogP contribution < -0.4 is 4.74 Å². The van der Waals surface area contributed by atoms with Crippen LogP contribution in [0, 0.1) is 0 Å². The third-order valence-corrected chi connectivity index (χ3v) is 3.67. The maximum Gasteiger partial charge on any atom is 0.410 e. The second kappa shape index (κ2) is 6.98. The van der Waals surface area contributed by atoms with Gasteiger partial charge in [0.1, 0.15) is 17.8 Å². The average Bonchev–Trinajstić information content (AvgIpc) is 2.92. The number of carboxylic acids is 1. The van der Waals surface area contributed by atoms with Crippen molar-refractivity contribution in [3.05, 3.63) is 23.8 Å².